The lowest BCUT2D eigenvalue weighted by atomic mass is 10.1. The fourth-order valence-electron chi connectivity index (χ4n) is 1.82. The molecule has 0 aromatic heterocycles. The van der Waals surface area contributed by atoms with Gasteiger partial charge in [0.1, 0.15) is 0 Å². The van der Waals surface area contributed by atoms with E-state index in [0.29, 0.717) is 18.0 Å². The first-order valence-corrected chi connectivity index (χ1v) is 8.96. The SMILES string of the molecule is CC(C)CCNC(=O)c1cccc(S(=O)(=O)N(C)C(C)C)c1. The first-order valence-electron chi connectivity index (χ1n) is 7.52. The van der Waals surface area contributed by atoms with E-state index in [0.717, 1.165) is 6.42 Å². The molecule has 1 amide bonds. The van der Waals surface area contributed by atoms with Crippen molar-refractivity contribution in [3.63, 3.8) is 0 Å². The number of hydrogen-bond donors (Lipinski definition) is 1. The van der Waals surface area contributed by atoms with Crippen LogP contribution in [-0.2, 0) is 10.0 Å². The summed E-state index contributed by atoms with van der Waals surface area (Å²) in [5, 5.41) is 2.81. The summed E-state index contributed by atoms with van der Waals surface area (Å²) in [7, 11) is -2.04. The van der Waals surface area contributed by atoms with Gasteiger partial charge >= 0.3 is 0 Å². The number of nitrogens with zero attached hydrogens (tertiary/aromatic N) is 1. The van der Waals surface area contributed by atoms with E-state index in [2.05, 4.69) is 19.2 Å². The summed E-state index contributed by atoms with van der Waals surface area (Å²) < 4.78 is 26.2. The van der Waals surface area contributed by atoms with Gasteiger partial charge in [0.05, 0.1) is 4.90 Å². The van der Waals surface area contributed by atoms with Gasteiger partial charge in [-0.15, -0.1) is 0 Å². The minimum atomic E-state index is -3.57. The third kappa shape index (κ3) is 4.81. The van der Waals surface area contributed by atoms with Crippen LogP contribution in [0.2, 0.25) is 0 Å². The molecule has 124 valence electrons. The Morgan fingerprint density at radius 1 is 1.23 bits per heavy atom. The van der Waals surface area contributed by atoms with Crippen LogP contribution in [-0.4, -0.2) is 38.3 Å². The van der Waals surface area contributed by atoms with E-state index < -0.39 is 10.0 Å². The van der Waals surface area contributed by atoms with Gasteiger partial charge in [-0.1, -0.05) is 19.9 Å². The number of amides is 1. The molecule has 0 unspecified atom stereocenters. The standard InChI is InChI=1S/C16H26N2O3S/c1-12(2)9-10-17-16(19)14-7-6-8-15(11-14)22(20,21)18(5)13(3)4/h6-8,11-13H,9-10H2,1-5H3,(H,17,19). The molecule has 1 N–H and O–H groups in total. The molecule has 22 heavy (non-hydrogen) atoms. The Labute approximate surface area is 133 Å². The first kappa shape index (κ1) is 18.6. The number of hydrogen-bond acceptors (Lipinski definition) is 3. The number of rotatable bonds is 7. The molecule has 0 bridgehead atoms. The third-order valence-corrected chi connectivity index (χ3v) is 5.54. The average Bonchev–Trinajstić information content (AvgIpc) is 2.45. The first-order chi connectivity index (χ1) is 10.2. The zero-order chi connectivity index (χ0) is 16.9. The monoisotopic (exact) mass is 326 g/mol. The van der Waals surface area contributed by atoms with Crippen LogP contribution in [0.5, 0.6) is 0 Å². The predicted molar refractivity (Wildman–Crippen MR) is 88.3 cm³/mol. The normalized spacial score (nSPS) is 12.2. The molecule has 1 aromatic carbocycles. The molecule has 1 aromatic rings. The second kappa shape index (κ2) is 7.74. The molecule has 0 heterocycles. The van der Waals surface area contributed by atoms with Gasteiger partial charge in [-0.2, -0.15) is 4.31 Å². The highest BCUT2D eigenvalue weighted by molar-refractivity contribution is 7.89. The Balaban J connectivity index is 2.93. The Kier molecular flexibility index (Phi) is 6.56. The minimum absolute atomic E-state index is 0.139. The van der Waals surface area contributed by atoms with E-state index in [-0.39, 0.29) is 16.8 Å². The molecular weight excluding hydrogens is 300 g/mol. The Bertz CT molecular complexity index is 610. The van der Waals surface area contributed by atoms with E-state index in [4.69, 9.17) is 0 Å². The predicted octanol–water partition coefficient (Wildman–Crippen LogP) is 2.49. The lowest BCUT2D eigenvalue weighted by molar-refractivity contribution is 0.0952. The highest BCUT2D eigenvalue weighted by Crippen LogP contribution is 2.17. The quantitative estimate of drug-likeness (QED) is 0.837. The molecule has 0 saturated carbocycles. The Hall–Kier alpha value is -1.40. The summed E-state index contributed by atoms with van der Waals surface area (Å²) in [4.78, 5) is 12.2. The van der Waals surface area contributed by atoms with Crippen LogP contribution < -0.4 is 5.32 Å². The molecular formula is C16H26N2O3S. The van der Waals surface area contributed by atoms with Crippen molar-refractivity contribution in [2.45, 2.75) is 45.1 Å². The number of benzene rings is 1. The Morgan fingerprint density at radius 3 is 2.41 bits per heavy atom. The van der Waals surface area contributed by atoms with Gasteiger partial charge in [0.25, 0.3) is 5.91 Å². The molecule has 0 aliphatic carbocycles. The summed E-state index contributed by atoms with van der Waals surface area (Å²) in [6.45, 7) is 8.36. The van der Waals surface area contributed by atoms with Crippen LogP contribution in [0.25, 0.3) is 0 Å². The Morgan fingerprint density at radius 2 is 1.86 bits per heavy atom. The summed E-state index contributed by atoms with van der Waals surface area (Å²) in [5.41, 5.74) is 0.363. The van der Waals surface area contributed by atoms with Crippen LogP contribution in [0.1, 0.15) is 44.5 Å². The fraction of sp³-hybridized carbons (Fsp3) is 0.562. The smallest absolute Gasteiger partial charge is 0.251 e. The minimum Gasteiger partial charge on any atom is -0.352 e. The highest BCUT2D eigenvalue weighted by atomic mass is 32.2. The maximum atomic E-state index is 12.4. The second-order valence-electron chi connectivity index (χ2n) is 6.08. The second-order valence-corrected chi connectivity index (χ2v) is 8.08. The average molecular weight is 326 g/mol. The molecule has 0 saturated heterocycles. The number of carbonyl (C=O) groups is 1. The highest BCUT2D eigenvalue weighted by Gasteiger charge is 2.23. The number of carbonyl (C=O) groups excluding carboxylic acids is 1. The summed E-state index contributed by atoms with van der Waals surface area (Å²) in [5.74, 6) is 0.261. The van der Waals surface area contributed by atoms with Crippen LogP contribution in [0.15, 0.2) is 29.2 Å². The molecule has 6 heteroatoms. The van der Waals surface area contributed by atoms with Crippen LogP contribution in [0.4, 0.5) is 0 Å². The molecule has 0 fully saturated rings. The van der Waals surface area contributed by atoms with Crippen molar-refractivity contribution in [1.29, 1.82) is 0 Å². The van der Waals surface area contributed by atoms with Gasteiger partial charge in [-0.3, -0.25) is 4.79 Å². The van der Waals surface area contributed by atoms with Crippen molar-refractivity contribution >= 4 is 15.9 Å². The topological polar surface area (TPSA) is 66.5 Å². The van der Waals surface area contributed by atoms with Gasteiger partial charge < -0.3 is 5.32 Å². The molecule has 5 nitrogen and oxygen atoms in total. The van der Waals surface area contributed by atoms with Crippen molar-refractivity contribution in [2.24, 2.45) is 5.92 Å². The molecule has 0 aliphatic heterocycles. The third-order valence-electron chi connectivity index (χ3n) is 3.51. The molecule has 1 rings (SSSR count). The van der Waals surface area contributed by atoms with Gasteiger partial charge in [0.15, 0.2) is 0 Å². The van der Waals surface area contributed by atoms with Gasteiger partial charge in [-0.05, 0) is 44.4 Å². The van der Waals surface area contributed by atoms with E-state index in [1.165, 1.54) is 23.5 Å². The molecule has 0 aliphatic rings. The van der Waals surface area contributed by atoms with E-state index in [1.807, 2.05) is 0 Å². The van der Waals surface area contributed by atoms with Crippen molar-refractivity contribution < 1.29 is 13.2 Å². The van der Waals surface area contributed by atoms with E-state index in [9.17, 15) is 13.2 Å². The van der Waals surface area contributed by atoms with Gasteiger partial charge in [0, 0.05) is 25.2 Å². The van der Waals surface area contributed by atoms with Gasteiger partial charge in [0.2, 0.25) is 10.0 Å². The number of sulfonamides is 1. The maximum absolute atomic E-state index is 12.4. The fourth-order valence-corrected chi connectivity index (χ4v) is 3.23. The lowest BCUT2D eigenvalue weighted by Gasteiger charge is -2.21. The lowest BCUT2D eigenvalue weighted by Crippen LogP contribution is -2.33. The van der Waals surface area contributed by atoms with Gasteiger partial charge in [-0.25, -0.2) is 8.42 Å². The largest absolute Gasteiger partial charge is 0.352 e. The van der Waals surface area contributed by atoms with E-state index >= 15 is 0 Å². The van der Waals surface area contributed by atoms with Crippen molar-refractivity contribution in [1.82, 2.24) is 9.62 Å². The molecule has 0 spiro atoms. The summed E-state index contributed by atoms with van der Waals surface area (Å²) >= 11 is 0. The summed E-state index contributed by atoms with van der Waals surface area (Å²) in [6.07, 6.45) is 0.889. The van der Waals surface area contributed by atoms with Crippen molar-refractivity contribution in [2.75, 3.05) is 13.6 Å². The summed E-state index contributed by atoms with van der Waals surface area (Å²) in [6, 6.07) is 6.02. The maximum Gasteiger partial charge on any atom is 0.251 e. The zero-order valence-corrected chi connectivity index (χ0v) is 14.8. The van der Waals surface area contributed by atoms with Crippen molar-refractivity contribution in [3.05, 3.63) is 29.8 Å². The number of nitrogens with one attached hydrogen (secondary N) is 1. The molecule has 0 atom stereocenters. The molecule has 0 radical (unpaired) electrons. The zero-order valence-electron chi connectivity index (χ0n) is 14.0. The van der Waals surface area contributed by atoms with Crippen LogP contribution >= 0.6 is 0 Å². The van der Waals surface area contributed by atoms with Crippen molar-refractivity contribution in [3.8, 4) is 0 Å². The van der Waals surface area contributed by atoms with Crippen LogP contribution in [0.3, 0.4) is 0 Å². The van der Waals surface area contributed by atoms with Crippen LogP contribution in [0, 0.1) is 5.92 Å². The van der Waals surface area contributed by atoms with E-state index in [1.54, 1.807) is 26.0 Å².